The van der Waals surface area contributed by atoms with Gasteiger partial charge in [0, 0.05) is 18.5 Å². The molecule has 0 aliphatic rings. The minimum atomic E-state index is -4.48. The van der Waals surface area contributed by atoms with Crippen LogP contribution in [0.15, 0.2) is 10.4 Å². The third-order valence-corrected chi connectivity index (χ3v) is 3.84. The summed E-state index contributed by atoms with van der Waals surface area (Å²) in [5.74, 6) is -0.0118. The van der Waals surface area contributed by atoms with Crippen LogP contribution in [0, 0.1) is 0 Å². The SMILES string of the molecule is CCNC(=NCc1nc(C(F)(F)F)cs1)NCCS(N)(=O)=O.I. The van der Waals surface area contributed by atoms with Gasteiger partial charge in [0.05, 0.1) is 12.3 Å². The average molecular weight is 487 g/mol. The number of guanidine groups is 1. The lowest BCUT2D eigenvalue weighted by atomic mass is 10.5. The van der Waals surface area contributed by atoms with E-state index in [1.165, 1.54) is 0 Å². The fraction of sp³-hybridized carbons (Fsp3) is 0.600. The normalized spacial score (nSPS) is 12.7. The number of hydrogen-bond donors (Lipinski definition) is 3. The zero-order valence-corrected chi connectivity index (χ0v) is 16.0. The summed E-state index contributed by atoms with van der Waals surface area (Å²) in [7, 11) is -3.60. The lowest BCUT2D eigenvalue weighted by molar-refractivity contribution is -0.140. The molecule has 1 aromatic rings. The number of nitrogens with two attached hydrogens (primary N) is 1. The second-order valence-electron chi connectivity index (χ2n) is 4.11. The second kappa shape index (κ2) is 9.58. The van der Waals surface area contributed by atoms with E-state index in [0.29, 0.717) is 6.54 Å². The number of rotatable bonds is 6. The number of aromatic nitrogens is 1. The van der Waals surface area contributed by atoms with Gasteiger partial charge in [-0.3, -0.25) is 0 Å². The number of nitrogens with one attached hydrogen (secondary N) is 2. The maximum absolute atomic E-state index is 12.4. The zero-order chi connectivity index (χ0) is 16.8. The van der Waals surface area contributed by atoms with Gasteiger partial charge >= 0.3 is 6.18 Å². The van der Waals surface area contributed by atoms with Crippen molar-refractivity contribution in [1.82, 2.24) is 15.6 Å². The molecule has 0 bridgehead atoms. The molecule has 0 atom stereocenters. The fourth-order valence-corrected chi connectivity index (χ4v) is 2.42. The molecule has 0 saturated carbocycles. The van der Waals surface area contributed by atoms with Crippen molar-refractivity contribution in [1.29, 1.82) is 0 Å². The highest BCUT2D eigenvalue weighted by molar-refractivity contribution is 14.0. The van der Waals surface area contributed by atoms with Crippen LogP contribution in [0.4, 0.5) is 13.2 Å². The van der Waals surface area contributed by atoms with Gasteiger partial charge in [0.15, 0.2) is 11.7 Å². The van der Waals surface area contributed by atoms with Gasteiger partial charge < -0.3 is 10.6 Å². The molecule has 0 aliphatic heterocycles. The molecule has 23 heavy (non-hydrogen) atoms. The highest BCUT2D eigenvalue weighted by Gasteiger charge is 2.33. The van der Waals surface area contributed by atoms with Crippen LogP contribution >= 0.6 is 35.3 Å². The Morgan fingerprint density at radius 2 is 2.09 bits per heavy atom. The van der Waals surface area contributed by atoms with E-state index in [4.69, 9.17) is 5.14 Å². The third kappa shape index (κ3) is 9.26. The number of thiazole rings is 1. The van der Waals surface area contributed by atoms with Crippen molar-refractivity contribution in [3.05, 3.63) is 16.1 Å². The molecule has 1 rings (SSSR count). The molecule has 7 nitrogen and oxygen atoms in total. The smallest absolute Gasteiger partial charge is 0.357 e. The first-order chi connectivity index (χ1) is 10.1. The van der Waals surface area contributed by atoms with E-state index in [0.717, 1.165) is 16.7 Å². The van der Waals surface area contributed by atoms with E-state index < -0.39 is 21.9 Å². The maximum atomic E-state index is 12.4. The Balaban J connectivity index is 0.00000484. The second-order valence-corrected chi connectivity index (χ2v) is 6.79. The first-order valence-electron chi connectivity index (χ1n) is 6.16. The molecule has 0 aliphatic carbocycles. The molecular weight excluding hydrogens is 470 g/mol. The summed E-state index contributed by atoms with van der Waals surface area (Å²) < 4.78 is 58.9. The van der Waals surface area contributed by atoms with Crippen LogP contribution in [0.2, 0.25) is 0 Å². The summed E-state index contributed by atoms with van der Waals surface area (Å²) >= 11 is 0.855. The molecular formula is C10H17F3IN5O2S2. The quantitative estimate of drug-likeness (QED) is 0.317. The van der Waals surface area contributed by atoms with Crippen molar-refractivity contribution in [2.75, 3.05) is 18.8 Å². The van der Waals surface area contributed by atoms with Gasteiger partial charge in [0.2, 0.25) is 10.0 Å². The molecule has 1 aromatic heterocycles. The molecule has 4 N–H and O–H groups in total. The summed E-state index contributed by atoms with van der Waals surface area (Å²) in [6.45, 7) is 2.29. The summed E-state index contributed by atoms with van der Waals surface area (Å²) in [5.41, 5.74) is -0.949. The number of aliphatic imine (C=N–C) groups is 1. The molecule has 0 aromatic carbocycles. The number of nitrogens with zero attached hydrogens (tertiary/aromatic N) is 2. The Morgan fingerprint density at radius 3 is 2.57 bits per heavy atom. The molecule has 0 radical (unpaired) electrons. The molecule has 134 valence electrons. The molecule has 1 heterocycles. The van der Waals surface area contributed by atoms with Crippen LogP contribution in [0.25, 0.3) is 0 Å². The summed E-state index contributed by atoms with van der Waals surface area (Å²) in [5, 5.41) is 11.5. The Hall–Kier alpha value is -0.670. The minimum Gasteiger partial charge on any atom is -0.357 e. The van der Waals surface area contributed by atoms with Crippen LogP contribution < -0.4 is 15.8 Å². The van der Waals surface area contributed by atoms with E-state index in [2.05, 4.69) is 20.6 Å². The van der Waals surface area contributed by atoms with E-state index in [9.17, 15) is 21.6 Å². The van der Waals surface area contributed by atoms with Gasteiger partial charge in [0.25, 0.3) is 0 Å². The standard InChI is InChI=1S/C10H16F3N5O2S2.HI/c1-2-15-9(16-3-4-22(14,19)20)17-5-8-18-7(6-21-8)10(11,12)13;/h6H,2-5H2,1H3,(H2,14,19,20)(H2,15,16,17);1H. The summed E-state index contributed by atoms with van der Waals surface area (Å²) in [6.07, 6.45) is -4.48. The molecule has 13 heteroatoms. The first kappa shape index (κ1) is 22.3. The molecule has 0 unspecified atom stereocenters. The van der Waals surface area contributed by atoms with Gasteiger partial charge in [-0.25, -0.2) is 23.5 Å². The van der Waals surface area contributed by atoms with Gasteiger partial charge in [-0.05, 0) is 6.92 Å². The van der Waals surface area contributed by atoms with Crippen LogP contribution in [0.3, 0.4) is 0 Å². The van der Waals surface area contributed by atoms with E-state index >= 15 is 0 Å². The predicted octanol–water partition coefficient (Wildman–Crippen LogP) is 1.12. The average Bonchev–Trinajstić information content (AvgIpc) is 2.83. The van der Waals surface area contributed by atoms with Gasteiger partial charge in [0.1, 0.15) is 5.01 Å². The highest BCUT2D eigenvalue weighted by Crippen LogP contribution is 2.30. The van der Waals surface area contributed by atoms with Crippen molar-refractivity contribution in [2.45, 2.75) is 19.6 Å². The van der Waals surface area contributed by atoms with Crippen molar-refractivity contribution >= 4 is 51.3 Å². The Morgan fingerprint density at radius 1 is 1.43 bits per heavy atom. The van der Waals surface area contributed by atoms with Crippen LogP contribution in [0.5, 0.6) is 0 Å². The zero-order valence-electron chi connectivity index (χ0n) is 12.1. The molecule has 0 saturated heterocycles. The van der Waals surface area contributed by atoms with E-state index in [1.807, 2.05) is 0 Å². The van der Waals surface area contributed by atoms with Crippen molar-refractivity contribution in [2.24, 2.45) is 10.1 Å². The third-order valence-electron chi connectivity index (χ3n) is 2.24. The predicted molar refractivity (Wildman–Crippen MR) is 93.3 cm³/mol. The van der Waals surface area contributed by atoms with Crippen LogP contribution in [-0.2, 0) is 22.7 Å². The highest BCUT2D eigenvalue weighted by atomic mass is 127. The fourth-order valence-electron chi connectivity index (χ4n) is 1.31. The Bertz CT molecular complexity index is 618. The summed E-state index contributed by atoms with van der Waals surface area (Å²) in [6, 6.07) is 0. The number of hydrogen-bond acceptors (Lipinski definition) is 5. The lowest BCUT2D eigenvalue weighted by Gasteiger charge is -2.10. The van der Waals surface area contributed by atoms with Gasteiger partial charge in [-0.15, -0.1) is 35.3 Å². The maximum Gasteiger partial charge on any atom is 0.434 e. The monoisotopic (exact) mass is 487 g/mol. The van der Waals surface area contributed by atoms with Crippen LogP contribution in [-0.4, -0.2) is 38.2 Å². The minimum absolute atomic E-state index is 0. The molecule has 0 fully saturated rings. The number of alkyl halides is 3. The van der Waals surface area contributed by atoms with Crippen molar-refractivity contribution in [3.63, 3.8) is 0 Å². The topological polar surface area (TPSA) is 109 Å². The van der Waals surface area contributed by atoms with Gasteiger partial charge in [-0.2, -0.15) is 13.2 Å². The molecule has 0 spiro atoms. The Kier molecular flexibility index (Phi) is 9.30. The van der Waals surface area contributed by atoms with Gasteiger partial charge in [-0.1, -0.05) is 0 Å². The van der Waals surface area contributed by atoms with E-state index in [-0.39, 0.29) is 53.8 Å². The number of primary sulfonamides is 1. The Labute approximate surface area is 153 Å². The van der Waals surface area contributed by atoms with Crippen LogP contribution in [0.1, 0.15) is 17.6 Å². The largest absolute Gasteiger partial charge is 0.434 e. The summed E-state index contributed by atoms with van der Waals surface area (Å²) in [4.78, 5) is 7.49. The lowest BCUT2D eigenvalue weighted by Crippen LogP contribution is -2.40. The van der Waals surface area contributed by atoms with Crippen molar-refractivity contribution in [3.8, 4) is 0 Å². The van der Waals surface area contributed by atoms with Crippen molar-refractivity contribution < 1.29 is 21.6 Å². The van der Waals surface area contributed by atoms with E-state index in [1.54, 1.807) is 6.92 Å². The number of sulfonamides is 1. The first-order valence-corrected chi connectivity index (χ1v) is 8.75. The molecule has 0 amide bonds. The number of halogens is 4.